The molecule has 1 spiro atoms. The van der Waals surface area contributed by atoms with Gasteiger partial charge in [-0.15, -0.1) is 0 Å². The molecule has 0 aromatic carbocycles. The van der Waals surface area contributed by atoms with Crippen molar-refractivity contribution >= 4 is 17.7 Å². The highest BCUT2D eigenvalue weighted by Gasteiger charge is 2.44. The molecule has 1 saturated carbocycles. The van der Waals surface area contributed by atoms with Crippen molar-refractivity contribution in [2.45, 2.75) is 24.8 Å². The predicted octanol–water partition coefficient (Wildman–Crippen LogP) is 0.772. The van der Waals surface area contributed by atoms with Gasteiger partial charge in [0.05, 0.1) is 0 Å². The number of amides is 1. The first-order chi connectivity index (χ1) is 4.81. The summed E-state index contributed by atoms with van der Waals surface area (Å²) in [5.41, 5.74) is 0.248. The lowest BCUT2D eigenvalue weighted by Gasteiger charge is -2.11. The van der Waals surface area contributed by atoms with Crippen molar-refractivity contribution in [3.8, 4) is 0 Å². The number of rotatable bonds is 0. The Morgan fingerprint density at radius 3 is 3.00 bits per heavy atom. The van der Waals surface area contributed by atoms with E-state index in [2.05, 4.69) is 5.32 Å². The third-order valence-electron chi connectivity index (χ3n) is 2.11. The second kappa shape index (κ2) is 2.16. The summed E-state index contributed by atoms with van der Waals surface area (Å²) < 4.78 is 0. The van der Waals surface area contributed by atoms with Crippen LogP contribution in [0.3, 0.4) is 0 Å². The molecule has 2 aliphatic rings. The molecular weight excluding hydrogens is 146 g/mol. The van der Waals surface area contributed by atoms with Gasteiger partial charge >= 0.3 is 0 Å². The molecule has 2 rings (SSSR count). The van der Waals surface area contributed by atoms with Crippen LogP contribution in [0.5, 0.6) is 0 Å². The quantitative estimate of drug-likeness (QED) is 0.563. The van der Waals surface area contributed by atoms with Gasteiger partial charge in [0.15, 0.2) is 0 Å². The fourth-order valence-electron chi connectivity index (χ4n) is 1.25. The summed E-state index contributed by atoms with van der Waals surface area (Å²) in [4.78, 5) is 11.0. The molecule has 0 bridgehead atoms. The Balaban J connectivity index is 2.03. The minimum absolute atomic E-state index is 0.248. The zero-order chi connectivity index (χ0) is 7.03. The van der Waals surface area contributed by atoms with E-state index in [0.717, 1.165) is 11.5 Å². The van der Waals surface area contributed by atoms with Crippen LogP contribution in [0, 0.1) is 0 Å². The Morgan fingerprint density at radius 2 is 2.30 bits per heavy atom. The molecule has 0 unspecified atom stereocenters. The third-order valence-corrected chi connectivity index (χ3v) is 3.36. The van der Waals surface area contributed by atoms with Crippen LogP contribution >= 0.6 is 11.8 Å². The number of carbonyl (C=O) groups excluding carboxylic acids is 1. The van der Waals surface area contributed by atoms with Crippen LogP contribution in [0.15, 0.2) is 0 Å². The van der Waals surface area contributed by atoms with Crippen molar-refractivity contribution in [2.75, 3.05) is 11.5 Å². The standard InChI is InChI=1S/C7H11NOS/c9-6-1-4-10-5-7(8-6)2-3-7/h1-5H2,(H,8,9). The van der Waals surface area contributed by atoms with E-state index in [1.165, 1.54) is 12.8 Å². The highest BCUT2D eigenvalue weighted by Crippen LogP contribution is 2.39. The van der Waals surface area contributed by atoms with Gasteiger partial charge in [-0.25, -0.2) is 0 Å². The van der Waals surface area contributed by atoms with Crippen molar-refractivity contribution in [1.29, 1.82) is 0 Å². The number of hydrogen-bond acceptors (Lipinski definition) is 2. The zero-order valence-corrected chi connectivity index (χ0v) is 6.67. The Bertz CT molecular complexity index is 165. The molecule has 10 heavy (non-hydrogen) atoms. The van der Waals surface area contributed by atoms with Crippen LogP contribution in [0.2, 0.25) is 0 Å². The van der Waals surface area contributed by atoms with E-state index in [0.29, 0.717) is 6.42 Å². The molecule has 2 nitrogen and oxygen atoms in total. The second-order valence-corrected chi connectivity index (χ2v) is 4.24. The molecule has 1 amide bonds. The van der Waals surface area contributed by atoms with E-state index in [1.54, 1.807) is 0 Å². The summed E-state index contributed by atoms with van der Waals surface area (Å²) in [7, 11) is 0. The minimum atomic E-state index is 0.248. The maximum absolute atomic E-state index is 11.0. The maximum Gasteiger partial charge on any atom is 0.221 e. The third kappa shape index (κ3) is 1.15. The lowest BCUT2D eigenvalue weighted by Crippen LogP contribution is -2.36. The van der Waals surface area contributed by atoms with Crippen LogP contribution in [0.1, 0.15) is 19.3 Å². The molecule has 0 atom stereocenters. The summed E-state index contributed by atoms with van der Waals surface area (Å²) in [6.07, 6.45) is 3.11. The van der Waals surface area contributed by atoms with Crippen LogP contribution < -0.4 is 5.32 Å². The van der Waals surface area contributed by atoms with E-state index in [-0.39, 0.29) is 11.4 Å². The highest BCUT2D eigenvalue weighted by atomic mass is 32.2. The van der Waals surface area contributed by atoms with E-state index >= 15 is 0 Å². The fourth-order valence-corrected chi connectivity index (χ4v) is 2.47. The lowest BCUT2D eigenvalue weighted by atomic mass is 10.3. The monoisotopic (exact) mass is 157 g/mol. The van der Waals surface area contributed by atoms with E-state index in [4.69, 9.17) is 0 Å². The molecular formula is C7H11NOS. The smallest absolute Gasteiger partial charge is 0.221 e. The summed E-state index contributed by atoms with van der Waals surface area (Å²) >= 11 is 1.91. The largest absolute Gasteiger partial charge is 0.350 e. The van der Waals surface area contributed by atoms with Crippen LogP contribution in [-0.2, 0) is 4.79 Å². The molecule has 3 heteroatoms. The first-order valence-corrected chi connectivity index (χ1v) is 4.85. The van der Waals surface area contributed by atoms with Crippen LogP contribution in [-0.4, -0.2) is 23.0 Å². The molecule has 56 valence electrons. The number of carbonyl (C=O) groups is 1. The van der Waals surface area contributed by atoms with Crippen molar-refractivity contribution in [3.05, 3.63) is 0 Å². The lowest BCUT2D eigenvalue weighted by molar-refractivity contribution is -0.121. The second-order valence-electron chi connectivity index (χ2n) is 3.13. The van der Waals surface area contributed by atoms with Gasteiger partial charge in [0.1, 0.15) is 0 Å². The molecule has 2 fully saturated rings. The van der Waals surface area contributed by atoms with Gasteiger partial charge in [-0.05, 0) is 12.8 Å². The molecule has 0 radical (unpaired) electrons. The average Bonchev–Trinajstić information content (AvgIpc) is 2.64. The van der Waals surface area contributed by atoms with Gasteiger partial charge in [0, 0.05) is 23.5 Å². The van der Waals surface area contributed by atoms with Crippen LogP contribution in [0.4, 0.5) is 0 Å². The molecule has 1 heterocycles. The fraction of sp³-hybridized carbons (Fsp3) is 0.857. The van der Waals surface area contributed by atoms with E-state index < -0.39 is 0 Å². The topological polar surface area (TPSA) is 29.1 Å². The maximum atomic E-state index is 11.0. The zero-order valence-electron chi connectivity index (χ0n) is 5.85. The summed E-state index contributed by atoms with van der Waals surface area (Å²) in [6.45, 7) is 0. The van der Waals surface area contributed by atoms with Crippen molar-refractivity contribution in [3.63, 3.8) is 0 Å². The van der Waals surface area contributed by atoms with Gasteiger partial charge in [0.25, 0.3) is 0 Å². The van der Waals surface area contributed by atoms with E-state index in [1.807, 2.05) is 11.8 Å². The normalized spacial score (nSPS) is 29.4. The molecule has 1 N–H and O–H groups in total. The molecule has 1 aliphatic heterocycles. The number of hydrogen-bond donors (Lipinski definition) is 1. The van der Waals surface area contributed by atoms with Gasteiger partial charge in [-0.2, -0.15) is 11.8 Å². The Hall–Kier alpha value is -0.180. The van der Waals surface area contributed by atoms with Crippen molar-refractivity contribution in [1.82, 2.24) is 5.32 Å². The Morgan fingerprint density at radius 1 is 1.50 bits per heavy atom. The minimum Gasteiger partial charge on any atom is -0.350 e. The SMILES string of the molecule is O=C1CCSCC2(CC2)N1. The molecule has 1 saturated heterocycles. The number of thioether (sulfide) groups is 1. The van der Waals surface area contributed by atoms with Gasteiger partial charge in [0.2, 0.25) is 5.91 Å². The summed E-state index contributed by atoms with van der Waals surface area (Å²) in [5.74, 6) is 2.40. The molecule has 1 aliphatic carbocycles. The molecule has 0 aromatic heterocycles. The first kappa shape index (κ1) is 6.53. The summed E-state index contributed by atoms with van der Waals surface area (Å²) in [5, 5.41) is 3.07. The first-order valence-electron chi connectivity index (χ1n) is 3.70. The highest BCUT2D eigenvalue weighted by molar-refractivity contribution is 7.99. The van der Waals surface area contributed by atoms with Gasteiger partial charge in [-0.1, -0.05) is 0 Å². The summed E-state index contributed by atoms with van der Waals surface area (Å²) in [6, 6.07) is 0. The van der Waals surface area contributed by atoms with Gasteiger partial charge < -0.3 is 5.32 Å². The Labute approximate surface area is 64.8 Å². The van der Waals surface area contributed by atoms with Gasteiger partial charge in [-0.3, -0.25) is 4.79 Å². The average molecular weight is 157 g/mol. The Kier molecular flexibility index (Phi) is 1.41. The predicted molar refractivity (Wildman–Crippen MR) is 42.0 cm³/mol. The van der Waals surface area contributed by atoms with Crippen LogP contribution in [0.25, 0.3) is 0 Å². The number of nitrogens with one attached hydrogen (secondary N) is 1. The van der Waals surface area contributed by atoms with Crippen molar-refractivity contribution < 1.29 is 4.79 Å². The van der Waals surface area contributed by atoms with Crippen molar-refractivity contribution in [2.24, 2.45) is 0 Å². The van der Waals surface area contributed by atoms with E-state index in [9.17, 15) is 4.79 Å². The molecule has 0 aromatic rings.